The molecule has 2 heterocycles. The van der Waals surface area contributed by atoms with Crippen molar-refractivity contribution in [2.75, 3.05) is 18.4 Å². The maximum absolute atomic E-state index is 4.48. The van der Waals surface area contributed by atoms with Gasteiger partial charge >= 0.3 is 0 Å². The molecule has 1 atom stereocenters. The van der Waals surface area contributed by atoms with Gasteiger partial charge in [-0.2, -0.15) is 0 Å². The molecule has 0 aliphatic carbocycles. The van der Waals surface area contributed by atoms with E-state index in [0.717, 1.165) is 18.9 Å². The highest BCUT2D eigenvalue weighted by atomic mass is 15.1. The van der Waals surface area contributed by atoms with Crippen LogP contribution in [0.15, 0.2) is 12.3 Å². The van der Waals surface area contributed by atoms with Crippen LogP contribution in [0.2, 0.25) is 0 Å². The van der Waals surface area contributed by atoms with E-state index in [1.807, 2.05) is 6.20 Å². The molecular weight excluding hydrogens is 210 g/mol. The number of hydrogen-bond donors (Lipinski definition) is 2. The van der Waals surface area contributed by atoms with Crippen molar-refractivity contribution in [2.45, 2.75) is 45.6 Å². The number of aromatic nitrogens is 1. The zero-order valence-corrected chi connectivity index (χ0v) is 11.3. The normalized spacial score (nSPS) is 20.6. The van der Waals surface area contributed by atoms with Gasteiger partial charge in [0.05, 0.1) is 0 Å². The van der Waals surface area contributed by atoms with Gasteiger partial charge in [-0.05, 0) is 42.5 Å². The zero-order chi connectivity index (χ0) is 12.5. The Morgan fingerprint density at radius 2 is 2.18 bits per heavy atom. The first-order valence-electron chi connectivity index (χ1n) is 6.41. The van der Waals surface area contributed by atoms with Gasteiger partial charge in [-0.1, -0.05) is 20.8 Å². The predicted molar refractivity (Wildman–Crippen MR) is 72.6 cm³/mol. The summed E-state index contributed by atoms with van der Waals surface area (Å²) in [6.45, 7) is 11.0. The molecule has 1 aliphatic rings. The highest BCUT2D eigenvalue weighted by molar-refractivity contribution is 5.44. The molecule has 1 saturated heterocycles. The third-order valence-corrected chi connectivity index (χ3v) is 3.32. The van der Waals surface area contributed by atoms with Gasteiger partial charge < -0.3 is 10.6 Å². The second-order valence-electron chi connectivity index (χ2n) is 5.97. The summed E-state index contributed by atoms with van der Waals surface area (Å²) in [5, 5.41) is 6.87. The van der Waals surface area contributed by atoms with E-state index < -0.39 is 0 Å². The van der Waals surface area contributed by atoms with Gasteiger partial charge in [-0.3, -0.25) is 0 Å². The lowest BCUT2D eigenvalue weighted by Crippen LogP contribution is -2.23. The molecule has 1 unspecified atom stereocenters. The molecular formula is C14H23N3. The Kier molecular flexibility index (Phi) is 3.38. The lowest BCUT2D eigenvalue weighted by Gasteiger charge is -2.23. The number of nitrogens with one attached hydrogen (secondary N) is 2. The number of nitrogens with zero attached hydrogens (tertiary/aromatic N) is 1. The minimum Gasteiger partial charge on any atom is -0.366 e. The van der Waals surface area contributed by atoms with Gasteiger partial charge in [-0.15, -0.1) is 0 Å². The van der Waals surface area contributed by atoms with Crippen LogP contribution in [0.4, 0.5) is 5.82 Å². The van der Waals surface area contributed by atoms with Gasteiger partial charge in [0.2, 0.25) is 0 Å². The fraction of sp³-hybridized carbons (Fsp3) is 0.643. The van der Waals surface area contributed by atoms with Crippen molar-refractivity contribution in [3.63, 3.8) is 0 Å². The van der Waals surface area contributed by atoms with Crippen molar-refractivity contribution < 1.29 is 0 Å². The van der Waals surface area contributed by atoms with Crippen molar-refractivity contribution in [1.82, 2.24) is 10.3 Å². The number of aryl methyl sites for hydroxylation is 1. The standard InChI is InChI=1S/C14H23N3/c1-10-8-16-13(7-12(10)14(2,3)4)17-11-5-6-15-9-11/h7-8,11,15H,5-6,9H2,1-4H3,(H,16,17). The van der Waals surface area contributed by atoms with Crippen LogP contribution >= 0.6 is 0 Å². The predicted octanol–water partition coefficient (Wildman–Crippen LogP) is 2.46. The van der Waals surface area contributed by atoms with Gasteiger partial charge in [0.15, 0.2) is 0 Å². The fourth-order valence-electron chi connectivity index (χ4n) is 2.40. The Hall–Kier alpha value is -1.09. The lowest BCUT2D eigenvalue weighted by atomic mass is 9.85. The van der Waals surface area contributed by atoms with E-state index in [1.165, 1.54) is 17.5 Å². The van der Waals surface area contributed by atoms with Crippen molar-refractivity contribution in [1.29, 1.82) is 0 Å². The molecule has 0 saturated carbocycles. The van der Waals surface area contributed by atoms with E-state index >= 15 is 0 Å². The van der Waals surface area contributed by atoms with Crippen LogP contribution in [-0.4, -0.2) is 24.1 Å². The maximum atomic E-state index is 4.48. The molecule has 3 heteroatoms. The third-order valence-electron chi connectivity index (χ3n) is 3.32. The minimum atomic E-state index is 0.178. The SMILES string of the molecule is Cc1cnc(NC2CCNC2)cc1C(C)(C)C. The molecule has 0 radical (unpaired) electrons. The quantitative estimate of drug-likeness (QED) is 0.824. The van der Waals surface area contributed by atoms with Crippen molar-refractivity contribution in [2.24, 2.45) is 0 Å². The smallest absolute Gasteiger partial charge is 0.126 e. The zero-order valence-electron chi connectivity index (χ0n) is 11.3. The van der Waals surface area contributed by atoms with Gasteiger partial charge in [-0.25, -0.2) is 4.98 Å². The van der Waals surface area contributed by atoms with E-state index in [1.54, 1.807) is 0 Å². The second-order valence-corrected chi connectivity index (χ2v) is 5.97. The summed E-state index contributed by atoms with van der Waals surface area (Å²) in [6, 6.07) is 2.73. The van der Waals surface area contributed by atoms with Crippen LogP contribution < -0.4 is 10.6 Å². The van der Waals surface area contributed by atoms with Crippen LogP contribution in [0.1, 0.15) is 38.3 Å². The molecule has 0 amide bonds. The van der Waals surface area contributed by atoms with E-state index in [9.17, 15) is 0 Å². The molecule has 0 spiro atoms. The van der Waals surface area contributed by atoms with E-state index in [-0.39, 0.29) is 5.41 Å². The number of rotatable bonds is 2. The molecule has 0 bridgehead atoms. The summed E-state index contributed by atoms with van der Waals surface area (Å²) >= 11 is 0. The summed E-state index contributed by atoms with van der Waals surface area (Å²) in [7, 11) is 0. The number of pyridine rings is 1. The highest BCUT2D eigenvalue weighted by Gasteiger charge is 2.19. The second kappa shape index (κ2) is 4.65. The molecule has 2 rings (SSSR count). The van der Waals surface area contributed by atoms with Crippen LogP contribution in [0.3, 0.4) is 0 Å². The molecule has 3 nitrogen and oxygen atoms in total. The highest BCUT2D eigenvalue weighted by Crippen LogP contribution is 2.27. The van der Waals surface area contributed by atoms with Gasteiger partial charge in [0.1, 0.15) is 5.82 Å². The van der Waals surface area contributed by atoms with Crippen LogP contribution in [-0.2, 0) is 5.41 Å². The Balaban J connectivity index is 2.18. The Morgan fingerprint density at radius 3 is 2.76 bits per heavy atom. The van der Waals surface area contributed by atoms with Crippen LogP contribution in [0.5, 0.6) is 0 Å². The molecule has 94 valence electrons. The first-order chi connectivity index (χ1) is 7.97. The van der Waals surface area contributed by atoms with Crippen molar-refractivity contribution in [3.05, 3.63) is 23.4 Å². The summed E-state index contributed by atoms with van der Waals surface area (Å²) < 4.78 is 0. The number of anilines is 1. The monoisotopic (exact) mass is 233 g/mol. The molecule has 0 aromatic carbocycles. The molecule has 17 heavy (non-hydrogen) atoms. The fourth-order valence-corrected chi connectivity index (χ4v) is 2.40. The molecule has 1 aromatic rings. The van der Waals surface area contributed by atoms with Crippen LogP contribution in [0, 0.1) is 6.92 Å². The summed E-state index contributed by atoms with van der Waals surface area (Å²) in [5.74, 6) is 1.01. The van der Waals surface area contributed by atoms with Crippen LogP contribution in [0.25, 0.3) is 0 Å². The largest absolute Gasteiger partial charge is 0.366 e. The van der Waals surface area contributed by atoms with E-state index in [4.69, 9.17) is 0 Å². The van der Waals surface area contributed by atoms with Crippen molar-refractivity contribution >= 4 is 5.82 Å². The first-order valence-corrected chi connectivity index (χ1v) is 6.41. The molecule has 2 N–H and O–H groups in total. The summed E-state index contributed by atoms with van der Waals surface area (Å²) in [6.07, 6.45) is 3.16. The molecule has 1 fully saturated rings. The lowest BCUT2D eigenvalue weighted by molar-refractivity contribution is 0.585. The maximum Gasteiger partial charge on any atom is 0.126 e. The topological polar surface area (TPSA) is 37.0 Å². The molecule has 1 aliphatic heterocycles. The first kappa shape index (κ1) is 12.4. The van der Waals surface area contributed by atoms with Crippen molar-refractivity contribution in [3.8, 4) is 0 Å². The molecule has 1 aromatic heterocycles. The van der Waals surface area contributed by atoms with E-state index in [2.05, 4.69) is 49.4 Å². The average molecular weight is 233 g/mol. The van der Waals surface area contributed by atoms with Gasteiger partial charge in [0.25, 0.3) is 0 Å². The third kappa shape index (κ3) is 2.97. The minimum absolute atomic E-state index is 0.178. The van der Waals surface area contributed by atoms with Gasteiger partial charge in [0, 0.05) is 18.8 Å². The Labute approximate surface area is 104 Å². The summed E-state index contributed by atoms with van der Waals surface area (Å²) in [4.78, 5) is 4.48. The number of hydrogen-bond acceptors (Lipinski definition) is 3. The Morgan fingerprint density at radius 1 is 1.41 bits per heavy atom. The Bertz CT molecular complexity index is 387. The van der Waals surface area contributed by atoms with E-state index in [0.29, 0.717) is 6.04 Å². The summed E-state index contributed by atoms with van der Waals surface area (Å²) in [5.41, 5.74) is 2.82. The average Bonchev–Trinajstić information content (AvgIpc) is 2.72.